The number of benzene rings is 2. The van der Waals surface area contributed by atoms with Crippen LogP contribution in [0.2, 0.25) is 0 Å². The number of nitrogens with zero attached hydrogens (tertiary/aromatic N) is 2. The van der Waals surface area contributed by atoms with E-state index in [-0.39, 0.29) is 5.41 Å². The molecule has 3 fully saturated rings. The largest absolute Gasteiger partial charge is 0.319 e. The van der Waals surface area contributed by atoms with Crippen LogP contribution in [0.3, 0.4) is 0 Å². The number of fused-ring (bicyclic) bond motifs is 2. The number of rotatable bonds is 3. The summed E-state index contributed by atoms with van der Waals surface area (Å²) in [6, 6.07) is 19.8. The number of aliphatic imine (C=N–C) groups is 1. The van der Waals surface area contributed by atoms with Gasteiger partial charge in [0.1, 0.15) is 12.6 Å². The first-order valence-electron chi connectivity index (χ1n) is 11.1. The number of para-hydroxylation sites is 2. The van der Waals surface area contributed by atoms with Crippen molar-refractivity contribution in [1.82, 2.24) is 5.43 Å². The van der Waals surface area contributed by atoms with Crippen molar-refractivity contribution in [3.05, 3.63) is 83.6 Å². The van der Waals surface area contributed by atoms with Crippen LogP contribution in [0.4, 0.5) is 11.4 Å². The molecule has 0 amide bonds. The summed E-state index contributed by atoms with van der Waals surface area (Å²) >= 11 is 0. The number of hydrazine groups is 1. The van der Waals surface area contributed by atoms with Crippen molar-refractivity contribution in [1.29, 1.82) is 0 Å². The summed E-state index contributed by atoms with van der Waals surface area (Å²) in [5.74, 6) is 0.454. The maximum Gasteiger partial charge on any atom is 0.106 e. The van der Waals surface area contributed by atoms with Gasteiger partial charge in [-0.2, -0.15) is 0 Å². The van der Waals surface area contributed by atoms with Crippen LogP contribution in [0.1, 0.15) is 25.3 Å². The zero-order valence-corrected chi connectivity index (χ0v) is 17.7. The third-order valence-corrected chi connectivity index (χ3v) is 8.07. The van der Waals surface area contributed by atoms with Crippen molar-refractivity contribution in [2.45, 2.75) is 31.2 Å². The van der Waals surface area contributed by atoms with Crippen LogP contribution in [-0.2, 0) is 5.41 Å². The van der Waals surface area contributed by atoms with Crippen molar-refractivity contribution >= 4 is 17.1 Å². The van der Waals surface area contributed by atoms with Gasteiger partial charge in [-0.1, -0.05) is 42.5 Å². The van der Waals surface area contributed by atoms with Gasteiger partial charge >= 0.3 is 0 Å². The van der Waals surface area contributed by atoms with E-state index >= 15 is 0 Å². The number of hydrogen-bond donors (Lipinski definition) is 2. The first-order valence-corrected chi connectivity index (χ1v) is 11.1. The van der Waals surface area contributed by atoms with Gasteiger partial charge in [0, 0.05) is 25.0 Å². The minimum Gasteiger partial charge on any atom is -0.319 e. The molecule has 2 bridgehead atoms. The second-order valence-electron chi connectivity index (χ2n) is 9.46. The summed E-state index contributed by atoms with van der Waals surface area (Å²) in [5, 5.41) is 0. The van der Waals surface area contributed by atoms with Crippen molar-refractivity contribution in [3.8, 4) is 0 Å². The molecule has 2 aromatic rings. The quantitative estimate of drug-likeness (QED) is 0.447. The molecular weight excluding hydrogens is 368 g/mol. The van der Waals surface area contributed by atoms with Crippen LogP contribution >= 0.6 is 0 Å². The highest BCUT2D eigenvalue weighted by Crippen LogP contribution is 2.61. The zero-order chi connectivity index (χ0) is 20.3. The van der Waals surface area contributed by atoms with Crippen LogP contribution in [0.25, 0.3) is 0 Å². The molecule has 4 heteroatoms. The van der Waals surface area contributed by atoms with Crippen molar-refractivity contribution in [2.75, 3.05) is 25.6 Å². The Kier molecular flexibility index (Phi) is 3.79. The summed E-state index contributed by atoms with van der Waals surface area (Å²) in [6.07, 6.45) is 6.95. The molecule has 30 heavy (non-hydrogen) atoms. The van der Waals surface area contributed by atoms with E-state index < -0.39 is 0 Å². The molecule has 6 rings (SSSR count). The van der Waals surface area contributed by atoms with Gasteiger partial charge < -0.3 is 15.3 Å². The van der Waals surface area contributed by atoms with Crippen molar-refractivity contribution in [2.24, 2.45) is 10.9 Å². The minimum atomic E-state index is 0.0708. The van der Waals surface area contributed by atoms with Crippen molar-refractivity contribution in [3.63, 3.8) is 0 Å². The van der Waals surface area contributed by atoms with Crippen LogP contribution < -0.4 is 10.9 Å². The van der Waals surface area contributed by atoms with Gasteiger partial charge in [-0.3, -0.25) is 4.99 Å². The lowest BCUT2D eigenvalue weighted by molar-refractivity contribution is -0.923. The van der Waals surface area contributed by atoms with Gasteiger partial charge in [0.05, 0.1) is 36.1 Å². The Morgan fingerprint density at radius 1 is 1.10 bits per heavy atom. The lowest BCUT2D eigenvalue weighted by Crippen LogP contribution is -2.63. The number of nitrogens with one attached hydrogen (secondary N) is 2. The second-order valence-corrected chi connectivity index (χ2v) is 9.46. The zero-order valence-electron chi connectivity index (χ0n) is 17.7. The highest BCUT2D eigenvalue weighted by molar-refractivity contribution is 6.14. The van der Waals surface area contributed by atoms with Crippen molar-refractivity contribution < 1.29 is 4.48 Å². The van der Waals surface area contributed by atoms with Gasteiger partial charge in [0.15, 0.2) is 0 Å². The number of quaternary nitrogens is 1. The molecule has 4 aliphatic rings. The van der Waals surface area contributed by atoms with Gasteiger partial charge in [-0.25, -0.2) is 0 Å². The van der Waals surface area contributed by atoms with Gasteiger partial charge in [0.2, 0.25) is 0 Å². The molecule has 1 aliphatic carbocycles. The molecule has 4 nitrogen and oxygen atoms in total. The molecular formula is C26H29N4+. The molecule has 0 radical (unpaired) electrons. The van der Waals surface area contributed by atoms with E-state index in [2.05, 4.69) is 73.5 Å². The van der Waals surface area contributed by atoms with E-state index in [4.69, 9.17) is 4.99 Å². The summed E-state index contributed by atoms with van der Waals surface area (Å²) in [5.41, 5.74) is 14.8. The SMILES string of the molecule is C/C=C1\C[N+]2(C)CC[C@@]34C(=Nc5ccccc53)/C(=C\NNc3ccccc3)[C@H]1C[C@@H]42. The van der Waals surface area contributed by atoms with Gasteiger partial charge in [0.25, 0.3) is 0 Å². The van der Waals surface area contributed by atoms with Crippen LogP contribution in [0.5, 0.6) is 0 Å². The predicted molar refractivity (Wildman–Crippen MR) is 123 cm³/mol. The molecule has 0 aromatic heterocycles. The Hall–Kier alpha value is -2.85. The van der Waals surface area contributed by atoms with Gasteiger partial charge in [-0.05, 0) is 41.8 Å². The maximum atomic E-state index is 5.28. The highest BCUT2D eigenvalue weighted by Gasteiger charge is 2.68. The summed E-state index contributed by atoms with van der Waals surface area (Å²) < 4.78 is 1.16. The van der Waals surface area contributed by atoms with Crippen LogP contribution in [0, 0.1) is 5.92 Å². The van der Waals surface area contributed by atoms with E-state index in [1.165, 1.54) is 41.9 Å². The maximum absolute atomic E-state index is 5.28. The fourth-order valence-corrected chi connectivity index (χ4v) is 6.71. The van der Waals surface area contributed by atoms with Gasteiger partial charge in [-0.15, -0.1) is 0 Å². The highest BCUT2D eigenvalue weighted by atomic mass is 15.4. The molecule has 3 heterocycles. The molecule has 2 saturated heterocycles. The van der Waals surface area contributed by atoms with E-state index in [0.29, 0.717) is 12.0 Å². The Morgan fingerprint density at radius 2 is 1.90 bits per heavy atom. The number of hydrogen-bond acceptors (Lipinski definition) is 3. The monoisotopic (exact) mass is 397 g/mol. The lowest BCUT2D eigenvalue weighted by atomic mass is 9.58. The third kappa shape index (κ3) is 2.28. The molecule has 1 saturated carbocycles. The fraction of sp³-hybridized carbons (Fsp3) is 0.346. The molecule has 1 unspecified atom stereocenters. The first-order chi connectivity index (χ1) is 14.7. The van der Waals surface area contributed by atoms with E-state index in [1.807, 2.05) is 18.2 Å². The normalized spacial score (nSPS) is 35.7. The smallest absolute Gasteiger partial charge is 0.106 e. The van der Waals surface area contributed by atoms with E-state index in [1.54, 1.807) is 5.57 Å². The number of piperidine rings is 1. The molecule has 2 aromatic carbocycles. The topological polar surface area (TPSA) is 36.4 Å². The summed E-state index contributed by atoms with van der Waals surface area (Å²) in [7, 11) is 2.47. The predicted octanol–water partition coefficient (Wildman–Crippen LogP) is 4.71. The van der Waals surface area contributed by atoms with Crippen LogP contribution in [0.15, 0.2) is 83.0 Å². The summed E-state index contributed by atoms with van der Waals surface area (Å²) in [4.78, 5) is 5.28. The Bertz CT molecular complexity index is 1100. The fourth-order valence-electron chi connectivity index (χ4n) is 6.71. The summed E-state index contributed by atoms with van der Waals surface area (Å²) in [6.45, 7) is 4.59. The van der Waals surface area contributed by atoms with E-state index in [0.717, 1.165) is 16.7 Å². The molecule has 152 valence electrons. The number of allylic oxidation sites excluding steroid dienone is 2. The molecule has 1 spiro atoms. The lowest BCUT2D eigenvalue weighted by Gasteiger charge is -2.52. The van der Waals surface area contributed by atoms with E-state index in [9.17, 15) is 0 Å². The third-order valence-electron chi connectivity index (χ3n) is 8.07. The average Bonchev–Trinajstić information content (AvgIpc) is 3.29. The number of likely N-dealkylation sites (N-methyl/N-ethyl adjacent to an activating group) is 1. The average molecular weight is 398 g/mol. The van der Waals surface area contributed by atoms with Crippen LogP contribution in [-0.4, -0.2) is 36.4 Å². The Labute approximate surface area is 178 Å². The Balaban J connectivity index is 1.46. The molecule has 3 aliphatic heterocycles. The Morgan fingerprint density at radius 3 is 2.73 bits per heavy atom. The minimum absolute atomic E-state index is 0.0708. The molecule has 2 N–H and O–H groups in total. The standard InChI is InChI=1S/C26H29N4/c1-3-18-17-30(2)14-13-26-22-11-7-8-12-23(22)28-25(26)21(20(18)15-24(26)30)16-27-29-19-9-5-4-6-10-19/h3-12,16,20,24,27,29H,13-15,17H2,1-2H3/q+1/b18-3+,21-16-/t20-,24-,26+,30?/m0/s1. The number of anilines is 1. The molecule has 4 atom stereocenters. The first kappa shape index (κ1) is 18.0. The second kappa shape index (κ2) is 6.32.